The molecule has 2 N–H and O–H groups in total. The zero-order valence-corrected chi connectivity index (χ0v) is 13.3. The maximum Gasteiger partial charge on any atom is 0.244 e. The van der Waals surface area contributed by atoms with Crippen molar-refractivity contribution in [3.8, 4) is 0 Å². The van der Waals surface area contributed by atoms with Crippen molar-refractivity contribution in [2.45, 2.75) is 18.4 Å². The van der Waals surface area contributed by atoms with Crippen LogP contribution in [0, 0.1) is 6.92 Å². The molecule has 0 saturated heterocycles. The van der Waals surface area contributed by atoms with Crippen LogP contribution in [0.2, 0.25) is 5.02 Å². The number of aryl methyl sites for hydroxylation is 1. The Morgan fingerprint density at radius 2 is 2.20 bits per heavy atom. The second-order valence-corrected chi connectivity index (χ2v) is 7.67. The molecule has 0 bridgehead atoms. The molecule has 6 nitrogen and oxygen atoms in total. The van der Waals surface area contributed by atoms with E-state index in [9.17, 15) is 8.42 Å². The van der Waals surface area contributed by atoms with Gasteiger partial charge >= 0.3 is 0 Å². The average molecular weight is 333 g/mol. The lowest BCUT2D eigenvalue weighted by Crippen LogP contribution is -2.26. The molecule has 0 saturated carbocycles. The van der Waals surface area contributed by atoms with E-state index in [-0.39, 0.29) is 22.3 Å². The van der Waals surface area contributed by atoms with Gasteiger partial charge in [0, 0.05) is 18.6 Å². The summed E-state index contributed by atoms with van der Waals surface area (Å²) in [5, 5.41) is 2.84. The second-order valence-electron chi connectivity index (χ2n) is 4.16. The summed E-state index contributed by atoms with van der Waals surface area (Å²) in [4.78, 5) is 8.01. The summed E-state index contributed by atoms with van der Waals surface area (Å²) >= 11 is 7.28. The highest BCUT2D eigenvalue weighted by molar-refractivity contribution is 7.89. The van der Waals surface area contributed by atoms with Gasteiger partial charge in [0.05, 0.1) is 22.3 Å². The SMILES string of the molecule is Cc1nc(CN(C)S(=O)(=O)c2cnc(N)c(Cl)c2)cs1. The highest BCUT2D eigenvalue weighted by Crippen LogP contribution is 2.23. The number of hydrogen-bond donors (Lipinski definition) is 1. The summed E-state index contributed by atoms with van der Waals surface area (Å²) in [6.07, 6.45) is 1.19. The van der Waals surface area contributed by atoms with E-state index in [4.69, 9.17) is 17.3 Å². The number of nitrogen functional groups attached to an aromatic ring is 1. The molecule has 2 aromatic heterocycles. The predicted octanol–water partition coefficient (Wildman–Crippen LogP) is 1.90. The minimum absolute atomic E-state index is 0.00570. The Labute approximate surface area is 126 Å². The van der Waals surface area contributed by atoms with Crippen molar-refractivity contribution in [3.63, 3.8) is 0 Å². The number of pyridine rings is 1. The van der Waals surface area contributed by atoms with Crippen LogP contribution in [0.3, 0.4) is 0 Å². The number of aromatic nitrogens is 2. The molecule has 0 aliphatic carbocycles. The van der Waals surface area contributed by atoms with Gasteiger partial charge in [-0.1, -0.05) is 11.6 Å². The van der Waals surface area contributed by atoms with E-state index in [0.29, 0.717) is 5.69 Å². The molecule has 2 rings (SSSR count). The standard InChI is InChI=1S/C11H13ClN4O2S2/c1-7-15-8(6-19-7)5-16(2)20(17,18)9-3-10(12)11(13)14-4-9/h3-4,6H,5H2,1-2H3,(H2,13,14). The van der Waals surface area contributed by atoms with Crippen molar-refractivity contribution < 1.29 is 8.42 Å². The van der Waals surface area contributed by atoms with Gasteiger partial charge in [-0.25, -0.2) is 18.4 Å². The van der Waals surface area contributed by atoms with Gasteiger partial charge in [-0.05, 0) is 13.0 Å². The molecule has 0 fully saturated rings. The Kier molecular flexibility index (Phi) is 4.28. The van der Waals surface area contributed by atoms with Crippen LogP contribution in [0.15, 0.2) is 22.5 Å². The third-order valence-corrected chi connectivity index (χ3v) is 5.50. The molecule has 0 atom stereocenters. The van der Waals surface area contributed by atoms with Crippen LogP contribution >= 0.6 is 22.9 Å². The number of anilines is 1. The number of nitrogens with zero attached hydrogens (tertiary/aromatic N) is 3. The molecule has 0 aliphatic heterocycles. The monoisotopic (exact) mass is 332 g/mol. The Balaban J connectivity index is 2.27. The summed E-state index contributed by atoms with van der Waals surface area (Å²) < 4.78 is 25.9. The fourth-order valence-electron chi connectivity index (χ4n) is 1.55. The Hall–Kier alpha value is -1.22. The zero-order valence-electron chi connectivity index (χ0n) is 10.9. The fourth-order valence-corrected chi connectivity index (χ4v) is 3.50. The number of halogens is 1. The molecule has 2 heterocycles. The maximum absolute atomic E-state index is 12.4. The lowest BCUT2D eigenvalue weighted by atomic mass is 10.5. The number of rotatable bonds is 4. The van der Waals surface area contributed by atoms with Crippen molar-refractivity contribution >= 4 is 38.8 Å². The Bertz CT molecular complexity index is 730. The van der Waals surface area contributed by atoms with E-state index in [2.05, 4.69) is 9.97 Å². The van der Waals surface area contributed by atoms with E-state index in [1.165, 1.54) is 35.0 Å². The minimum atomic E-state index is -3.67. The van der Waals surface area contributed by atoms with E-state index >= 15 is 0 Å². The first-order valence-corrected chi connectivity index (χ1v) is 8.29. The van der Waals surface area contributed by atoms with Crippen LogP contribution in [0.4, 0.5) is 5.82 Å². The first-order valence-electron chi connectivity index (χ1n) is 5.59. The molecule has 108 valence electrons. The van der Waals surface area contributed by atoms with Crippen LogP contribution < -0.4 is 5.73 Å². The van der Waals surface area contributed by atoms with Gasteiger partial charge in [0.15, 0.2) is 0 Å². The van der Waals surface area contributed by atoms with Gasteiger partial charge in [0.25, 0.3) is 0 Å². The van der Waals surface area contributed by atoms with Crippen LogP contribution in [0.5, 0.6) is 0 Å². The van der Waals surface area contributed by atoms with Crippen LogP contribution in [0.25, 0.3) is 0 Å². The summed E-state index contributed by atoms with van der Waals surface area (Å²) in [6, 6.07) is 1.29. The summed E-state index contributed by atoms with van der Waals surface area (Å²) in [6.45, 7) is 2.06. The molecule has 2 aromatic rings. The van der Waals surface area contributed by atoms with Crippen molar-refractivity contribution in [1.29, 1.82) is 0 Å². The third kappa shape index (κ3) is 3.09. The first-order chi connectivity index (χ1) is 9.30. The largest absolute Gasteiger partial charge is 0.382 e. The highest BCUT2D eigenvalue weighted by Gasteiger charge is 2.23. The molecule has 0 unspecified atom stereocenters. The summed E-state index contributed by atoms with van der Waals surface area (Å²) in [5.74, 6) is 0.100. The van der Waals surface area contributed by atoms with Gasteiger partial charge < -0.3 is 5.73 Å². The molecule has 0 aromatic carbocycles. The summed E-state index contributed by atoms with van der Waals surface area (Å²) in [7, 11) is -2.19. The normalized spacial score (nSPS) is 12.0. The lowest BCUT2D eigenvalue weighted by Gasteiger charge is -2.16. The number of sulfonamides is 1. The smallest absolute Gasteiger partial charge is 0.244 e. The van der Waals surface area contributed by atoms with E-state index < -0.39 is 10.0 Å². The van der Waals surface area contributed by atoms with Gasteiger partial charge in [-0.15, -0.1) is 11.3 Å². The molecule has 9 heteroatoms. The van der Waals surface area contributed by atoms with Crippen LogP contribution in [-0.4, -0.2) is 29.7 Å². The maximum atomic E-state index is 12.4. The molecular weight excluding hydrogens is 320 g/mol. The third-order valence-electron chi connectivity index (χ3n) is 2.60. The van der Waals surface area contributed by atoms with Crippen LogP contribution in [0.1, 0.15) is 10.7 Å². The molecular formula is C11H13ClN4O2S2. The molecule has 0 aliphatic rings. The zero-order chi connectivity index (χ0) is 14.9. The van der Waals surface area contributed by atoms with Gasteiger partial charge in [-0.3, -0.25) is 0 Å². The highest BCUT2D eigenvalue weighted by atomic mass is 35.5. The van der Waals surface area contributed by atoms with Gasteiger partial charge in [0.1, 0.15) is 10.7 Å². The predicted molar refractivity (Wildman–Crippen MR) is 79.2 cm³/mol. The van der Waals surface area contributed by atoms with Crippen LogP contribution in [-0.2, 0) is 16.6 Å². The van der Waals surface area contributed by atoms with Crippen molar-refractivity contribution in [3.05, 3.63) is 33.4 Å². The van der Waals surface area contributed by atoms with Crippen molar-refractivity contribution in [1.82, 2.24) is 14.3 Å². The molecule has 20 heavy (non-hydrogen) atoms. The number of hydrogen-bond acceptors (Lipinski definition) is 6. The number of thiazole rings is 1. The topological polar surface area (TPSA) is 89.2 Å². The molecule has 0 spiro atoms. The van der Waals surface area contributed by atoms with E-state index in [0.717, 1.165) is 5.01 Å². The Morgan fingerprint density at radius 3 is 2.75 bits per heavy atom. The van der Waals surface area contributed by atoms with Crippen molar-refractivity contribution in [2.24, 2.45) is 0 Å². The average Bonchev–Trinajstić information content (AvgIpc) is 2.78. The lowest BCUT2D eigenvalue weighted by molar-refractivity contribution is 0.462. The van der Waals surface area contributed by atoms with Crippen molar-refractivity contribution in [2.75, 3.05) is 12.8 Å². The minimum Gasteiger partial charge on any atom is -0.382 e. The second kappa shape index (κ2) is 5.65. The van der Waals surface area contributed by atoms with Gasteiger partial charge in [-0.2, -0.15) is 4.31 Å². The van der Waals surface area contributed by atoms with Gasteiger partial charge in [0.2, 0.25) is 10.0 Å². The van der Waals surface area contributed by atoms with E-state index in [1.54, 1.807) is 0 Å². The number of nitrogens with two attached hydrogens (primary N) is 1. The summed E-state index contributed by atoms with van der Waals surface area (Å²) in [5.41, 5.74) is 6.18. The first kappa shape index (κ1) is 15.2. The quantitative estimate of drug-likeness (QED) is 0.923. The molecule has 0 radical (unpaired) electrons. The fraction of sp³-hybridized carbons (Fsp3) is 0.273. The molecule has 0 amide bonds. The Morgan fingerprint density at radius 1 is 1.50 bits per heavy atom. The van der Waals surface area contributed by atoms with E-state index in [1.807, 2.05) is 12.3 Å².